The van der Waals surface area contributed by atoms with Crippen LogP contribution in [0.1, 0.15) is 23.7 Å². The van der Waals surface area contributed by atoms with Crippen molar-refractivity contribution < 1.29 is 14.6 Å². The van der Waals surface area contributed by atoms with Crippen molar-refractivity contribution in [3.63, 3.8) is 0 Å². The van der Waals surface area contributed by atoms with E-state index in [-0.39, 0.29) is 5.56 Å². The molecule has 1 heterocycles. The summed E-state index contributed by atoms with van der Waals surface area (Å²) in [6, 6.07) is 1.54. The number of ether oxygens (including phenoxy) is 1. The Morgan fingerprint density at radius 2 is 2.40 bits per heavy atom. The van der Waals surface area contributed by atoms with Gasteiger partial charge in [-0.1, -0.05) is 5.57 Å². The molecule has 15 heavy (non-hydrogen) atoms. The molecule has 0 aromatic carbocycles. The molecule has 4 nitrogen and oxygen atoms in total. The van der Waals surface area contributed by atoms with Gasteiger partial charge in [-0.25, -0.2) is 4.79 Å². The molecule has 0 unspecified atom stereocenters. The molecule has 0 aliphatic rings. The average Bonchev–Trinajstić information content (AvgIpc) is 2.17. The first kappa shape index (κ1) is 11.2. The predicted molar refractivity (Wildman–Crippen MR) is 56.1 cm³/mol. The average molecular weight is 207 g/mol. The minimum Gasteiger partial charge on any atom is -0.492 e. The lowest BCUT2D eigenvalue weighted by atomic mass is 10.2. The third-order valence-corrected chi connectivity index (χ3v) is 1.80. The van der Waals surface area contributed by atoms with Gasteiger partial charge in [0.2, 0.25) is 0 Å². The molecule has 80 valence electrons. The van der Waals surface area contributed by atoms with Gasteiger partial charge < -0.3 is 9.84 Å². The largest absolute Gasteiger partial charge is 0.492 e. The first-order valence-electron chi connectivity index (χ1n) is 4.55. The minimum atomic E-state index is -1.03. The molecule has 0 bridgehead atoms. The molecule has 0 saturated carbocycles. The molecule has 0 amide bonds. The van der Waals surface area contributed by atoms with Gasteiger partial charge in [-0.2, -0.15) is 0 Å². The number of rotatable bonds is 5. The van der Waals surface area contributed by atoms with Crippen LogP contribution in [-0.2, 0) is 0 Å². The molecule has 0 atom stereocenters. The van der Waals surface area contributed by atoms with Gasteiger partial charge in [-0.3, -0.25) is 4.98 Å². The Morgan fingerprint density at radius 3 is 3.00 bits per heavy atom. The highest BCUT2D eigenvalue weighted by Crippen LogP contribution is 2.16. The Kier molecular flexibility index (Phi) is 3.85. The molecule has 1 N–H and O–H groups in total. The van der Waals surface area contributed by atoms with Crippen LogP contribution in [0.5, 0.6) is 5.75 Å². The van der Waals surface area contributed by atoms with Gasteiger partial charge in [0, 0.05) is 18.8 Å². The van der Waals surface area contributed by atoms with Crippen LogP contribution in [0.15, 0.2) is 30.6 Å². The topological polar surface area (TPSA) is 59.4 Å². The van der Waals surface area contributed by atoms with Crippen LogP contribution in [0.2, 0.25) is 0 Å². The lowest BCUT2D eigenvalue weighted by Crippen LogP contribution is -2.05. The van der Waals surface area contributed by atoms with Crippen molar-refractivity contribution in [2.24, 2.45) is 0 Å². The molecular formula is C11H13NO3. The summed E-state index contributed by atoms with van der Waals surface area (Å²) < 4.78 is 5.33. The van der Waals surface area contributed by atoms with Crippen LogP contribution in [0.4, 0.5) is 0 Å². The van der Waals surface area contributed by atoms with Crippen molar-refractivity contribution in [3.05, 3.63) is 36.2 Å². The fourth-order valence-electron chi connectivity index (χ4n) is 1.00. The zero-order valence-corrected chi connectivity index (χ0v) is 8.56. The van der Waals surface area contributed by atoms with Crippen molar-refractivity contribution in [3.8, 4) is 5.75 Å². The summed E-state index contributed by atoms with van der Waals surface area (Å²) in [7, 11) is 0. The molecular weight excluding hydrogens is 194 g/mol. The van der Waals surface area contributed by atoms with Crippen LogP contribution < -0.4 is 4.74 Å². The van der Waals surface area contributed by atoms with E-state index in [1.807, 2.05) is 6.92 Å². The summed E-state index contributed by atoms with van der Waals surface area (Å²) >= 11 is 0. The number of pyridine rings is 1. The summed E-state index contributed by atoms with van der Waals surface area (Å²) in [5.41, 5.74) is 1.08. The smallest absolute Gasteiger partial charge is 0.341 e. The van der Waals surface area contributed by atoms with Crippen LogP contribution in [0, 0.1) is 0 Å². The quantitative estimate of drug-likeness (QED) is 0.751. The Labute approximate surface area is 88.2 Å². The number of aromatic carboxylic acids is 1. The van der Waals surface area contributed by atoms with E-state index in [0.29, 0.717) is 18.8 Å². The highest BCUT2D eigenvalue weighted by molar-refractivity contribution is 5.90. The number of aromatic nitrogens is 1. The van der Waals surface area contributed by atoms with Crippen LogP contribution in [0.3, 0.4) is 0 Å². The summed E-state index contributed by atoms with van der Waals surface area (Å²) in [5.74, 6) is -0.688. The third kappa shape index (κ3) is 3.42. The fourth-order valence-corrected chi connectivity index (χ4v) is 1.00. The minimum absolute atomic E-state index is 0.0826. The van der Waals surface area contributed by atoms with E-state index in [0.717, 1.165) is 5.57 Å². The van der Waals surface area contributed by atoms with E-state index in [4.69, 9.17) is 9.84 Å². The monoisotopic (exact) mass is 207 g/mol. The number of nitrogens with zero attached hydrogens (tertiary/aromatic N) is 1. The van der Waals surface area contributed by atoms with Gasteiger partial charge in [0.05, 0.1) is 6.61 Å². The zero-order valence-electron chi connectivity index (χ0n) is 8.56. The van der Waals surface area contributed by atoms with Gasteiger partial charge in [0.1, 0.15) is 11.3 Å². The first-order valence-corrected chi connectivity index (χ1v) is 4.55. The van der Waals surface area contributed by atoms with E-state index in [2.05, 4.69) is 11.6 Å². The molecule has 1 aromatic rings. The van der Waals surface area contributed by atoms with Gasteiger partial charge in [-0.15, -0.1) is 6.58 Å². The standard InChI is InChI=1S/C11H13NO3/c1-8(2)4-6-15-10-3-5-12-7-9(10)11(13)14/h3,5,7H,1,4,6H2,2H3,(H,13,14). The van der Waals surface area contributed by atoms with Gasteiger partial charge in [-0.05, 0) is 13.0 Å². The Bertz CT molecular complexity index is 374. The third-order valence-electron chi connectivity index (χ3n) is 1.80. The Balaban J connectivity index is 2.67. The summed E-state index contributed by atoms with van der Waals surface area (Å²) in [6.07, 6.45) is 3.49. The van der Waals surface area contributed by atoms with Gasteiger partial charge >= 0.3 is 5.97 Å². The first-order chi connectivity index (χ1) is 7.11. The number of carbonyl (C=O) groups is 1. The second kappa shape index (κ2) is 5.14. The van der Waals surface area contributed by atoms with E-state index >= 15 is 0 Å². The van der Waals surface area contributed by atoms with E-state index < -0.39 is 5.97 Å². The van der Waals surface area contributed by atoms with Crippen molar-refractivity contribution in [2.45, 2.75) is 13.3 Å². The molecule has 0 spiro atoms. The summed E-state index contributed by atoms with van der Waals surface area (Å²) in [4.78, 5) is 14.5. The molecule has 1 aromatic heterocycles. The van der Waals surface area contributed by atoms with Gasteiger partial charge in [0.15, 0.2) is 0 Å². The summed E-state index contributed by atoms with van der Waals surface area (Å²) in [5, 5.41) is 8.84. The van der Waals surface area contributed by atoms with Crippen molar-refractivity contribution >= 4 is 5.97 Å². The highest BCUT2D eigenvalue weighted by Gasteiger charge is 2.10. The van der Waals surface area contributed by atoms with E-state index in [9.17, 15) is 4.79 Å². The fraction of sp³-hybridized carbons (Fsp3) is 0.273. The van der Waals surface area contributed by atoms with Crippen molar-refractivity contribution in [2.75, 3.05) is 6.61 Å². The van der Waals surface area contributed by atoms with Crippen LogP contribution in [0.25, 0.3) is 0 Å². The van der Waals surface area contributed by atoms with Crippen LogP contribution >= 0.6 is 0 Å². The SMILES string of the molecule is C=C(C)CCOc1ccncc1C(=O)O. The zero-order chi connectivity index (χ0) is 11.3. The molecule has 0 fully saturated rings. The highest BCUT2D eigenvalue weighted by atomic mass is 16.5. The maximum absolute atomic E-state index is 10.8. The Morgan fingerprint density at radius 1 is 1.67 bits per heavy atom. The number of hydrogen-bond acceptors (Lipinski definition) is 3. The maximum Gasteiger partial charge on any atom is 0.341 e. The van der Waals surface area contributed by atoms with Crippen molar-refractivity contribution in [1.82, 2.24) is 4.98 Å². The Hall–Kier alpha value is -1.84. The van der Waals surface area contributed by atoms with Gasteiger partial charge in [0.25, 0.3) is 0 Å². The molecule has 4 heteroatoms. The van der Waals surface area contributed by atoms with Crippen LogP contribution in [-0.4, -0.2) is 22.7 Å². The molecule has 0 aliphatic heterocycles. The second-order valence-corrected chi connectivity index (χ2v) is 3.23. The molecule has 1 rings (SSSR count). The maximum atomic E-state index is 10.8. The normalized spacial score (nSPS) is 9.67. The number of carboxylic acids is 1. The molecule has 0 aliphatic carbocycles. The predicted octanol–water partition coefficient (Wildman–Crippen LogP) is 2.12. The lowest BCUT2D eigenvalue weighted by Gasteiger charge is -2.07. The summed E-state index contributed by atoms with van der Waals surface area (Å²) in [6.45, 7) is 6.06. The molecule has 0 radical (unpaired) electrons. The number of hydrogen-bond donors (Lipinski definition) is 1. The lowest BCUT2D eigenvalue weighted by molar-refractivity contribution is 0.0692. The van der Waals surface area contributed by atoms with E-state index in [1.165, 1.54) is 12.4 Å². The molecule has 0 saturated heterocycles. The second-order valence-electron chi connectivity index (χ2n) is 3.23. The van der Waals surface area contributed by atoms with E-state index in [1.54, 1.807) is 6.07 Å². The number of carboxylic acid groups (broad SMARTS) is 1. The van der Waals surface area contributed by atoms with Crippen molar-refractivity contribution in [1.29, 1.82) is 0 Å².